The van der Waals surface area contributed by atoms with Crippen molar-refractivity contribution < 1.29 is 9.53 Å². The van der Waals surface area contributed by atoms with Gasteiger partial charge in [0.25, 0.3) is 0 Å². The molecule has 1 heterocycles. The van der Waals surface area contributed by atoms with Gasteiger partial charge < -0.3 is 15.4 Å². The highest BCUT2D eigenvalue weighted by Gasteiger charge is 2.36. The van der Waals surface area contributed by atoms with Crippen molar-refractivity contribution in [2.45, 2.75) is 31.7 Å². The second-order valence-corrected chi connectivity index (χ2v) is 8.66. The highest BCUT2D eigenvalue weighted by Crippen LogP contribution is 2.44. The van der Waals surface area contributed by atoms with Crippen LogP contribution in [0.3, 0.4) is 0 Å². The lowest BCUT2D eigenvalue weighted by Gasteiger charge is -2.30. The Balaban J connectivity index is 1.54. The first-order valence-corrected chi connectivity index (χ1v) is 11.4. The fourth-order valence-electron chi connectivity index (χ4n) is 4.64. The predicted molar refractivity (Wildman–Crippen MR) is 129 cm³/mol. The molecular weight excluding hydrogens is 420 g/mol. The van der Waals surface area contributed by atoms with Crippen molar-refractivity contribution in [1.82, 2.24) is 0 Å². The van der Waals surface area contributed by atoms with E-state index in [1.807, 2.05) is 67.6 Å². The lowest BCUT2D eigenvalue weighted by molar-refractivity contribution is -0.116. The molecule has 0 spiro atoms. The smallest absolute Gasteiger partial charge is 0.163 e. The summed E-state index contributed by atoms with van der Waals surface area (Å²) in [6.45, 7) is 2.61. The van der Waals surface area contributed by atoms with Gasteiger partial charge in [0.15, 0.2) is 5.78 Å². The molecule has 162 valence electrons. The Morgan fingerprint density at radius 3 is 2.31 bits per heavy atom. The average Bonchev–Trinajstić information content (AvgIpc) is 2.97. The number of allylic oxidation sites excluding steroid dienone is 1. The molecule has 0 saturated heterocycles. The van der Waals surface area contributed by atoms with Gasteiger partial charge >= 0.3 is 0 Å². The maximum absolute atomic E-state index is 13.5. The monoisotopic (exact) mass is 444 g/mol. The van der Waals surface area contributed by atoms with Gasteiger partial charge in [0, 0.05) is 22.7 Å². The van der Waals surface area contributed by atoms with Gasteiger partial charge in [0.1, 0.15) is 5.75 Å². The number of anilines is 2. The Morgan fingerprint density at radius 1 is 0.906 bits per heavy atom. The molecule has 2 atom stereocenters. The molecule has 1 aliphatic heterocycles. The maximum Gasteiger partial charge on any atom is 0.163 e. The minimum absolute atomic E-state index is 0.126. The molecule has 3 aromatic rings. The van der Waals surface area contributed by atoms with Gasteiger partial charge in [-0.25, -0.2) is 0 Å². The number of Topliss-reactive ketones (excluding diaryl/α,β-unsaturated/α-hetero) is 1. The molecule has 2 unspecified atom stereocenters. The van der Waals surface area contributed by atoms with Crippen LogP contribution in [-0.4, -0.2) is 12.4 Å². The van der Waals surface area contributed by atoms with Crippen LogP contribution in [0.2, 0.25) is 5.02 Å². The first-order chi connectivity index (χ1) is 15.6. The van der Waals surface area contributed by atoms with Crippen LogP contribution < -0.4 is 15.4 Å². The fourth-order valence-corrected chi connectivity index (χ4v) is 4.76. The number of nitrogens with one attached hydrogen (secondary N) is 2. The number of hydrogen-bond donors (Lipinski definition) is 2. The van der Waals surface area contributed by atoms with Gasteiger partial charge in [0.2, 0.25) is 0 Å². The van der Waals surface area contributed by atoms with Gasteiger partial charge in [-0.3, -0.25) is 4.79 Å². The molecule has 0 amide bonds. The minimum atomic E-state index is -0.229. The van der Waals surface area contributed by atoms with Crippen molar-refractivity contribution in [1.29, 1.82) is 0 Å². The Hall–Kier alpha value is -3.24. The summed E-state index contributed by atoms with van der Waals surface area (Å²) in [5.41, 5.74) is 5.93. The highest BCUT2D eigenvalue weighted by molar-refractivity contribution is 6.30. The third kappa shape index (κ3) is 3.98. The SMILES string of the molecule is CCOc1ccc(C2CC(=O)C3=C(C2)Nc2ccccc2NC3c2ccc(Cl)cc2)cc1. The van der Waals surface area contributed by atoms with Crippen LogP contribution in [0.25, 0.3) is 0 Å². The number of benzene rings is 3. The third-order valence-corrected chi connectivity index (χ3v) is 6.43. The molecule has 2 N–H and O–H groups in total. The van der Waals surface area contributed by atoms with E-state index < -0.39 is 0 Å². The number of hydrogen-bond acceptors (Lipinski definition) is 4. The number of rotatable bonds is 4. The molecule has 0 bridgehead atoms. The van der Waals surface area contributed by atoms with E-state index in [4.69, 9.17) is 16.3 Å². The van der Waals surface area contributed by atoms with Crippen molar-refractivity contribution >= 4 is 28.8 Å². The highest BCUT2D eigenvalue weighted by atomic mass is 35.5. The summed E-state index contributed by atoms with van der Waals surface area (Å²) >= 11 is 6.13. The quantitative estimate of drug-likeness (QED) is 0.469. The minimum Gasteiger partial charge on any atom is -0.494 e. The van der Waals surface area contributed by atoms with Gasteiger partial charge in [-0.2, -0.15) is 0 Å². The van der Waals surface area contributed by atoms with Crippen LogP contribution >= 0.6 is 11.6 Å². The first kappa shape index (κ1) is 20.7. The maximum atomic E-state index is 13.5. The van der Waals surface area contributed by atoms with Crippen molar-refractivity contribution in [2.75, 3.05) is 17.2 Å². The summed E-state index contributed by atoms with van der Waals surface area (Å²) in [5, 5.41) is 7.86. The molecule has 3 aromatic carbocycles. The second-order valence-electron chi connectivity index (χ2n) is 8.22. The summed E-state index contributed by atoms with van der Waals surface area (Å²) in [4.78, 5) is 13.5. The van der Waals surface area contributed by atoms with Crippen molar-refractivity contribution in [3.05, 3.63) is 100 Å². The van der Waals surface area contributed by atoms with E-state index in [0.29, 0.717) is 18.1 Å². The zero-order valence-corrected chi connectivity index (χ0v) is 18.7. The number of ether oxygens (including phenoxy) is 1. The summed E-state index contributed by atoms with van der Waals surface area (Å²) in [6, 6.07) is 23.7. The lowest BCUT2D eigenvalue weighted by Crippen LogP contribution is -2.26. The van der Waals surface area contributed by atoms with E-state index in [2.05, 4.69) is 22.8 Å². The molecule has 5 heteroatoms. The number of fused-ring (bicyclic) bond motifs is 1. The molecule has 4 nitrogen and oxygen atoms in total. The van der Waals surface area contributed by atoms with Gasteiger partial charge in [-0.1, -0.05) is 48.0 Å². The summed E-state index contributed by atoms with van der Waals surface area (Å²) < 4.78 is 5.58. The van der Waals surface area contributed by atoms with E-state index in [1.165, 1.54) is 0 Å². The van der Waals surface area contributed by atoms with Crippen LogP contribution in [0.5, 0.6) is 5.75 Å². The van der Waals surface area contributed by atoms with Crippen molar-refractivity contribution in [2.24, 2.45) is 0 Å². The zero-order valence-electron chi connectivity index (χ0n) is 17.9. The standard InChI is InChI=1S/C27H25ClN2O2/c1-2-32-21-13-9-17(10-14-21)19-15-24-26(25(31)16-19)27(18-7-11-20(28)12-8-18)30-23-6-4-3-5-22(23)29-24/h3-14,19,27,29-30H,2,15-16H2,1H3. The van der Waals surface area contributed by atoms with Crippen LogP contribution in [0.15, 0.2) is 84.1 Å². The van der Waals surface area contributed by atoms with E-state index in [1.54, 1.807) is 0 Å². The zero-order chi connectivity index (χ0) is 22.1. The number of carbonyl (C=O) groups is 1. The summed E-state index contributed by atoms with van der Waals surface area (Å²) in [7, 11) is 0. The molecule has 32 heavy (non-hydrogen) atoms. The summed E-state index contributed by atoms with van der Waals surface area (Å²) in [6.07, 6.45) is 1.26. The molecule has 5 rings (SSSR count). The van der Waals surface area contributed by atoms with Crippen molar-refractivity contribution in [3.8, 4) is 5.75 Å². The Labute approximate surface area is 193 Å². The van der Waals surface area contributed by atoms with Gasteiger partial charge in [-0.15, -0.1) is 0 Å². The fraction of sp³-hybridized carbons (Fsp3) is 0.222. The Morgan fingerprint density at radius 2 is 1.59 bits per heavy atom. The number of para-hydroxylation sites is 2. The Bertz CT molecular complexity index is 1170. The first-order valence-electron chi connectivity index (χ1n) is 11.0. The van der Waals surface area contributed by atoms with Crippen LogP contribution in [0, 0.1) is 0 Å². The average molecular weight is 445 g/mol. The number of carbonyl (C=O) groups excluding carboxylic acids is 1. The number of ketones is 1. The molecule has 0 aromatic heterocycles. The topological polar surface area (TPSA) is 50.4 Å². The molecule has 0 radical (unpaired) electrons. The summed E-state index contributed by atoms with van der Waals surface area (Å²) in [5.74, 6) is 1.14. The van der Waals surface area contributed by atoms with E-state index >= 15 is 0 Å². The van der Waals surface area contributed by atoms with Gasteiger partial charge in [0.05, 0.1) is 24.0 Å². The molecule has 1 aliphatic carbocycles. The van der Waals surface area contributed by atoms with Crippen molar-refractivity contribution in [3.63, 3.8) is 0 Å². The van der Waals surface area contributed by atoms with Crippen LogP contribution in [0.4, 0.5) is 11.4 Å². The second kappa shape index (κ2) is 8.71. The number of halogens is 1. The lowest BCUT2D eigenvalue weighted by atomic mass is 9.78. The van der Waals surface area contributed by atoms with Gasteiger partial charge in [-0.05, 0) is 66.8 Å². The largest absolute Gasteiger partial charge is 0.494 e. The molecule has 2 aliphatic rings. The molecular formula is C27H25ClN2O2. The Kier molecular flexibility index (Phi) is 5.62. The third-order valence-electron chi connectivity index (χ3n) is 6.17. The molecule has 0 fully saturated rings. The molecule has 0 saturated carbocycles. The van der Waals surface area contributed by atoms with Crippen LogP contribution in [-0.2, 0) is 4.79 Å². The van der Waals surface area contributed by atoms with E-state index in [0.717, 1.165) is 45.9 Å². The van der Waals surface area contributed by atoms with E-state index in [9.17, 15) is 4.79 Å². The van der Waals surface area contributed by atoms with Crippen LogP contribution in [0.1, 0.15) is 42.9 Å². The predicted octanol–water partition coefficient (Wildman–Crippen LogP) is 6.72. The van der Waals surface area contributed by atoms with E-state index in [-0.39, 0.29) is 17.7 Å². The normalized spacial score (nSPS) is 19.9.